The Hall–Kier alpha value is -0.220. The van der Waals surface area contributed by atoms with Gasteiger partial charge in [-0.2, -0.15) is 0 Å². The quantitative estimate of drug-likeness (QED) is 0.752. The highest BCUT2D eigenvalue weighted by molar-refractivity contribution is 8.00. The summed E-state index contributed by atoms with van der Waals surface area (Å²) in [5, 5.41) is 9.52. The summed E-state index contributed by atoms with van der Waals surface area (Å²) in [5.74, 6) is 0. The Morgan fingerprint density at radius 1 is 1.43 bits per heavy atom. The number of halogens is 1. The molecule has 2 nitrogen and oxygen atoms in total. The zero-order valence-electron chi connectivity index (χ0n) is 7.68. The van der Waals surface area contributed by atoms with Gasteiger partial charge in [-0.3, -0.25) is 0 Å². The molecule has 0 saturated carbocycles. The van der Waals surface area contributed by atoms with E-state index in [1.807, 2.05) is 24.3 Å². The van der Waals surface area contributed by atoms with E-state index in [0.717, 1.165) is 10.5 Å². The molecule has 0 fully saturated rings. The van der Waals surface area contributed by atoms with E-state index in [4.69, 9.17) is 16.3 Å². The van der Waals surface area contributed by atoms with Crippen LogP contribution in [0.5, 0.6) is 0 Å². The third-order valence-electron chi connectivity index (χ3n) is 2.27. The van der Waals surface area contributed by atoms with Gasteiger partial charge in [0.2, 0.25) is 0 Å². The minimum atomic E-state index is -0.640. The predicted octanol–water partition coefficient (Wildman–Crippen LogP) is 2.41. The van der Waals surface area contributed by atoms with Gasteiger partial charge in [0, 0.05) is 12.0 Å². The number of alkyl halides is 1. The number of ether oxygens (including phenoxy) is 1. The Morgan fingerprint density at radius 2 is 2.14 bits per heavy atom. The minimum Gasteiger partial charge on any atom is -0.387 e. The maximum absolute atomic E-state index is 9.91. The van der Waals surface area contributed by atoms with Gasteiger partial charge in [0.05, 0.1) is 11.5 Å². The maximum atomic E-state index is 9.91. The Kier molecular flexibility index (Phi) is 3.02. The lowest BCUT2D eigenvalue weighted by atomic mass is 10.1. The summed E-state index contributed by atoms with van der Waals surface area (Å²) in [6.07, 6.45) is -0.640. The van der Waals surface area contributed by atoms with E-state index in [1.54, 1.807) is 18.9 Å². The number of fused-ring (bicyclic) bond motifs is 1. The van der Waals surface area contributed by atoms with Gasteiger partial charge in [0.1, 0.15) is 5.44 Å². The first-order valence-corrected chi connectivity index (χ1v) is 5.66. The van der Waals surface area contributed by atoms with Gasteiger partial charge in [-0.25, -0.2) is 0 Å². The van der Waals surface area contributed by atoms with Gasteiger partial charge < -0.3 is 9.84 Å². The molecule has 0 unspecified atom stereocenters. The number of hydrogen-bond donors (Lipinski definition) is 1. The molecule has 1 aromatic carbocycles. The predicted molar refractivity (Wildman–Crippen MR) is 57.7 cm³/mol. The van der Waals surface area contributed by atoms with Crippen LogP contribution >= 0.6 is 23.4 Å². The molecule has 3 atom stereocenters. The lowest BCUT2D eigenvalue weighted by Crippen LogP contribution is -2.30. The molecule has 0 aliphatic carbocycles. The lowest BCUT2D eigenvalue weighted by molar-refractivity contribution is 0.0919. The molecule has 1 aliphatic rings. The maximum Gasteiger partial charge on any atom is 0.126 e. The summed E-state index contributed by atoms with van der Waals surface area (Å²) in [6, 6.07) is 7.71. The molecule has 0 saturated heterocycles. The van der Waals surface area contributed by atoms with Gasteiger partial charge in [-0.1, -0.05) is 30.0 Å². The van der Waals surface area contributed by atoms with Crippen molar-refractivity contribution < 1.29 is 9.84 Å². The molecule has 1 N–H and O–H groups in total. The van der Waals surface area contributed by atoms with Gasteiger partial charge in [-0.05, 0) is 11.6 Å². The van der Waals surface area contributed by atoms with Crippen molar-refractivity contribution >= 4 is 23.4 Å². The van der Waals surface area contributed by atoms with E-state index in [1.165, 1.54) is 0 Å². The lowest BCUT2D eigenvalue weighted by Gasteiger charge is -2.31. The first kappa shape index (κ1) is 10.3. The first-order chi connectivity index (χ1) is 6.74. The second-order valence-electron chi connectivity index (χ2n) is 3.15. The van der Waals surface area contributed by atoms with Crippen LogP contribution in [0.4, 0.5) is 0 Å². The van der Waals surface area contributed by atoms with Crippen LogP contribution in [0.1, 0.15) is 11.7 Å². The number of aliphatic hydroxyl groups excluding tert-OH is 1. The number of aliphatic hydroxyl groups is 1. The van der Waals surface area contributed by atoms with E-state index in [0.29, 0.717) is 0 Å². The largest absolute Gasteiger partial charge is 0.387 e. The van der Waals surface area contributed by atoms with Gasteiger partial charge in [0.25, 0.3) is 0 Å². The van der Waals surface area contributed by atoms with E-state index in [-0.39, 0.29) is 10.8 Å². The SMILES string of the molecule is CO[C@@H]1Sc2ccccc2[C@@H](O)[C@H]1Cl. The standard InChI is InChI=1S/C10H11ClO2S/c1-13-10-8(11)9(12)6-4-2-3-5-7(6)14-10/h2-5,8-10,12H,1H3/t8-,9-,10-/m1/s1. The van der Waals surface area contributed by atoms with Crippen LogP contribution in [0.15, 0.2) is 29.2 Å². The van der Waals surface area contributed by atoms with Crippen molar-refractivity contribution in [1.82, 2.24) is 0 Å². The van der Waals surface area contributed by atoms with Crippen molar-refractivity contribution in [3.05, 3.63) is 29.8 Å². The second kappa shape index (κ2) is 4.11. The van der Waals surface area contributed by atoms with Crippen LogP contribution in [0, 0.1) is 0 Å². The minimum absolute atomic E-state index is 0.179. The Balaban J connectivity index is 2.37. The third kappa shape index (κ3) is 1.65. The topological polar surface area (TPSA) is 29.5 Å². The van der Waals surface area contributed by atoms with E-state index >= 15 is 0 Å². The fourth-order valence-corrected chi connectivity index (χ4v) is 3.02. The van der Waals surface area contributed by atoms with Crippen LogP contribution < -0.4 is 0 Å². The highest BCUT2D eigenvalue weighted by Gasteiger charge is 2.34. The summed E-state index contributed by atoms with van der Waals surface area (Å²) >= 11 is 7.62. The van der Waals surface area contributed by atoms with E-state index < -0.39 is 6.10 Å². The molecule has 1 aliphatic heterocycles. The van der Waals surface area contributed by atoms with Crippen molar-refractivity contribution in [2.24, 2.45) is 0 Å². The normalized spacial score (nSPS) is 31.2. The Labute approximate surface area is 92.2 Å². The number of benzene rings is 1. The molecule has 0 aromatic heterocycles. The van der Waals surface area contributed by atoms with Crippen LogP contribution in [0.3, 0.4) is 0 Å². The molecule has 76 valence electrons. The molecule has 4 heteroatoms. The molecular formula is C10H11ClO2S. The average Bonchev–Trinajstić information content (AvgIpc) is 2.23. The van der Waals surface area contributed by atoms with Crippen molar-refractivity contribution in [2.75, 3.05) is 7.11 Å². The van der Waals surface area contributed by atoms with Crippen LogP contribution in [-0.4, -0.2) is 23.0 Å². The molecule has 2 rings (SSSR count). The number of hydrogen-bond acceptors (Lipinski definition) is 3. The van der Waals surface area contributed by atoms with Gasteiger partial charge in [-0.15, -0.1) is 11.6 Å². The summed E-state index contributed by atoms with van der Waals surface area (Å²) in [7, 11) is 1.60. The molecule has 0 radical (unpaired) electrons. The number of rotatable bonds is 1. The summed E-state index contributed by atoms with van der Waals surface area (Å²) < 4.78 is 5.20. The second-order valence-corrected chi connectivity index (χ2v) is 4.79. The number of thioether (sulfide) groups is 1. The monoisotopic (exact) mass is 230 g/mol. The summed E-state index contributed by atoms with van der Waals surface area (Å²) in [6.45, 7) is 0. The molecule has 0 bridgehead atoms. The number of methoxy groups -OCH3 is 1. The molecular weight excluding hydrogens is 220 g/mol. The van der Waals surface area contributed by atoms with E-state index in [9.17, 15) is 5.11 Å². The van der Waals surface area contributed by atoms with Gasteiger partial charge in [0.15, 0.2) is 0 Å². The fraction of sp³-hybridized carbons (Fsp3) is 0.400. The van der Waals surface area contributed by atoms with Crippen molar-refractivity contribution in [2.45, 2.75) is 21.8 Å². The van der Waals surface area contributed by atoms with Crippen molar-refractivity contribution in [3.63, 3.8) is 0 Å². The molecule has 14 heavy (non-hydrogen) atoms. The molecule has 0 spiro atoms. The molecule has 1 aromatic rings. The first-order valence-electron chi connectivity index (χ1n) is 4.34. The van der Waals surface area contributed by atoms with Gasteiger partial charge >= 0.3 is 0 Å². The van der Waals surface area contributed by atoms with Crippen LogP contribution in [-0.2, 0) is 4.74 Å². The smallest absolute Gasteiger partial charge is 0.126 e. The van der Waals surface area contributed by atoms with E-state index in [2.05, 4.69) is 0 Å². The van der Waals surface area contributed by atoms with Crippen LogP contribution in [0.25, 0.3) is 0 Å². The van der Waals surface area contributed by atoms with Crippen molar-refractivity contribution in [3.8, 4) is 0 Å². The average molecular weight is 231 g/mol. The summed E-state index contributed by atoms with van der Waals surface area (Å²) in [4.78, 5) is 1.05. The Morgan fingerprint density at radius 3 is 2.86 bits per heavy atom. The fourth-order valence-electron chi connectivity index (χ4n) is 1.52. The molecule has 1 heterocycles. The Bertz CT molecular complexity index is 332. The highest BCUT2D eigenvalue weighted by Crippen LogP contribution is 2.43. The van der Waals surface area contributed by atoms with Crippen LogP contribution in [0.2, 0.25) is 0 Å². The highest BCUT2D eigenvalue weighted by atomic mass is 35.5. The molecule has 0 amide bonds. The van der Waals surface area contributed by atoms with Crippen molar-refractivity contribution in [1.29, 1.82) is 0 Å². The zero-order valence-corrected chi connectivity index (χ0v) is 9.26. The third-order valence-corrected chi connectivity index (χ3v) is 4.24. The summed E-state index contributed by atoms with van der Waals surface area (Å²) in [5.41, 5.74) is 0.715. The zero-order chi connectivity index (χ0) is 10.1.